The van der Waals surface area contributed by atoms with Gasteiger partial charge in [0.25, 0.3) is 0 Å². The van der Waals surface area contributed by atoms with Gasteiger partial charge in [-0.3, -0.25) is 9.88 Å². The predicted octanol–water partition coefficient (Wildman–Crippen LogP) is 5.81. The van der Waals surface area contributed by atoms with Crippen molar-refractivity contribution < 1.29 is 13.2 Å². The smallest absolute Gasteiger partial charge is 0.382 e. The van der Waals surface area contributed by atoms with E-state index in [9.17, 15) is 18.4 Å². The van der Waals surface area contributed by atoms with Gasteiger partial charge in [0, 0.05) is 62.2 Å². The first-order chi connectivity index (χ1) is 15.8. The number of piperidine rings is 1. The number of nitrogens with one attached hydrogen (secondary N) is 1. The van der Waals surface area contributed by atoms with Crippen LogP contribution in [0.15, 0.2) is 36.2 Å². The SMILES string of the molecule is Cc1c(CN2CCC(Nc3ccncc3CCCC(F)(F)F)CC2)ccc2c1C=C(C#N)C2. The molecule has 0 saturated carbocycles. The van der Waals surface area contributed by atoms with Crippen LogP contribution in [0.2, 0.25) is 0 Å². The minimum Gasteiger partial charge on any atom is -0.382 e. The van der Waals surface area contributed by atoms with Crippen molar-refractivity contribution in [2.24, 2.45) is 0 Å². The minimum absolute atomic E-state index is 0.0769. The van der Waals surface area contributed by atoms with Crippen molar-refractivity contribution in [3.8, 4) is 6.07 Å². The number of likely N-dealkylation sites (tertiary alicyclic amines) is 1. The first kappa shape index (κ1) is 23.3. The van der Waals surface area contributed by atoms with E-state index in [0.717, 1.165) is 55.7 Å². The molecule has 0 spiro atoms. The lowest BCUT2D eigenvalue weighted by Gasteiger charge is -2.33. The van der Waals surface area contributed by atoms with E-state index in [1.54, 1.807) is 12.4 Å². The van der Waals surface area contributed by atoms with Crippen molar-refractivity contribution in [2.45, 2.75) is 64.2 Å². The normalized spacial score (nSPS) is 16.9. The second-order valence-corrected chi connectivity index (χ2v) is 9.08. The summed E-state index contributed by atoms with van der Waals surface area (Å²) < 4.78 is 37.5. The predicted molar refractivity (Wildman–Crippen MR) is 124 cm³/mol. The van der Waals surface area contributed by atoms with E-state index in [2.05, 4.69) is 40.3 Å². The molecule has 1 saturated heterocycles. The molecule has 2 heterocycles. The second kappa shape index (κ2) is 9.96. The molecule has 1 aromatic heterocycles. The molecule has 2 aromatic rings. The van der Waals surface area contributed by atoms with Gasteiger partial charge < -0.3 is 5.32 Å². The molecule has 33 heavy (non-hydrogen) atoms. The van der Waals surface area contributed by atoms with Crippen molar-refractivity contribution in [3.05, 3.63) is 64.0 Å². The molecule has 1 aliphatic heterocycles. The minimum atomic E-state index is -4.12. The number of hydrogen-bond acceptors (Lipinski definition) is 4. The van der Waals surface area contributed by atoms with Crippen LogP contribution < -0.4 is 5.32 Å². The molecule has 0 amide bonds. The zero-order valence-electron chi connectivity index (χ0n) is 18.9. The van der Waals surface area contributed by atoms with Gasteiger partial charge in [0.05, 0.1) is 6.07 Å². The topological polar surface area (TPSA) is 52.0 Å². The lowest BCUT2D eigenvalue weighted by Crippen LogP contribution is -2.39. The Bertz CT molecular complexity index is 1060. The molecule has 1 aromatic carbocycles. The Morgan fingerprint density at radius 1 is 1.18 bits per heavy atom. The third kappa shape index (κ3) is 5.94. The molecule has 4 rings (SSSR count). The number of hydrogen-bond donors (Lipinski definition) is 1. The summed E-state index contributed by atoms with van der Waals surface area (Å²) >= 11 is 0. The van der Waals surface area contributed by atoms with Gasteiger partial charge >= 0.3 is 6.18 Å². The van der Waals surface area contributed by atoms with Crippen LogP contribution in [0.5, 0.6) is 0 Å². The summed E-state index contributed by atoms with van der Waals surface area (Å²) in [5.74, 6) is 0. The molecular weight excluding hydrogens is 425 g/mol. The first-order valence-corrected chi connectivity index (χ1v) is 11.5. The van der Waals surface area contributed by atoms with Crippen molar-refractivity contribution in [1.29, 1.82) is 5.26 Å². The molecule has 0 bridgehead atoms. The number of nitriles is 1. The Morgan fingerprint density at radius 3 is 2.70 bits per heavy atom. The molecule has 1 fully saturated rings. The van der Waals surface area contributed by atoms with Crippen LogP contribution in [0, 0.1) is 18.3 Å². The standard InChI is InChI=1S/C26H29F3N4/c1-18-22(5-4-20-13-19(15-30)14-24(18)20)17-33-11-7-23(8-12-33)32-25-6-10-31-16-21(25)3-2-9-26(27,28)29/h4-6,10,14,16,23H,2-3,7-9,11-13,17H2,1H3,(H,31,32). The van der Waals surface area contributed by atoms with Gasteiger partial charge in [-0.2, -0.15) is 18.4 Å². The number of pyridine rings is 1. The van der Waals surface area contributed by atoms with Crippen LogP contribution in [-0.2, 0) is 19.4 Å². The highest BCUT2D eigenvalue weighted by Crippen LogP contribution is 2.31. The number of rotatable bonds is 7. The van der Waals surface area contributed by atoms with Gasteiger partial charge in [0.2, 0.25) is 0 Å². The Morgan fingerprint density at radius 2 is 1.97 bits per heavy atom. The number of aromatic nitrogens is 1. The number of halogens is 3. The van der Waals surface area contributed by atoms with Gasteiger partial charge in [0.1, 0.15) is 0 Å². The van der Waals surface area contributed by atoms with E-state index in [-0.39, 0.29) is 6.42 Å². The molecule has 0 radical (unpaired) electrons. The lowest BCUT2D eigenvalue weighted by atomic mass is 9.97. The molecule has 174 valence electrons. The number of benzene rings is 1. The summed E-state index contributed by atoms with van der Waals surface area (Å²) in [5.41, 5.74) is 7.58. The maximum atomic E-state index is 12.5. The number of nitrogens with zero attached hydrogens (tertiary/aromatic N) is 3. The Labute approximate surface area is 193 Å². The van der Waals surface area contributed by atoms with E-state index in [1.807, 2.05) is 12.1 Å². The molecule has 1 N–H and O–H groups in total. The summed E-state index contributed by atoms with van der Waals surface area (Å²) in [5, 5.41) is 12.8. The van der Waals surface area contributed by atoms with E-state index >= 15 is 0 Å². The average molecular weight is 455 g/mol. The maximum Gasteiger partial charge on any atom is 0.389 e. The summed E-state index contributed by atoms with van der Waals surface area (Å²) in [6.45, 7) is 4.95. The highest BCUT2D eigenvalue weighted by molar-refractivity contribution is 5.70. The Kier molecular flexibility index (Phi) is 7.04. The number of alkyl halides is 3. The van der Waals surface area contributed by atoms with Crippen LogP contribution in [0.25, 0.3) is 6.08 Å². The van der Waals surface area contributed by atoms with Crippen LogP contribution in [0.3, 0.4) is 0 Å². The molecular formula is C26H29F3N4. The highest BCUT2D eigenvalue weighted by atomic mass is 19.4. The van der Waals surface area contributed by atoms with Crippen LogP contribution in [0.4, 0.5) is 18.9 Å². The molecule has 1 aliphatic carbocycles. The number of aryl methyl sites for hydroxylation is 1. The fourth-order valence-corrected chi connectivity index (χ4v) is 4.80. The highest BCUT2D eigenvalue weighted by Gasteiger charge is 2.26. The molecule has 0 atom stereocenters. The van der Waals surface area contributed by atoms with Crippen LogP contribution >= 0.6 is 0 Å². The third-order valence-electron chi connectivity index (χ3n) is 6.71. The van der Waals surface area contributed by atoms with E-state index < -0.39 is 12.6 Å². The van der Waals surface area contributed by atoms with Crippen molar-refractivity contribution in [1.82, 2.24) is 9.88 Å². The largest absolute Gasteiger partial charge is 0.389 e. The fourth-order valence-electron chi connectivity index (χ4n) is 4.80. The molecule has 7 heteroatoms. The average Bonchev–Trinajstić information content (AvgIpc) is 3.22. The quantitative estimate of drug-likeness (QED) is 0.573. The first-order valence-electron chi connectivity index (χ1n) is 11.5. The molecule has 4 nitrogen and oxygen atoms in total. The Balaban J connectivity index is 1.31. The van der Waals surface area contributed by atoms with Crippen molar-refractivity contribution >= 4 is 11.8 Å². The van der Waals surface area contributed by atoms with E-state index in [0.29, 0.717) is 12.5 Å². The Hall–Kier alpha value is -2.85. The summed E-state index contributed by atoms with van der Waals surface area (Å²) in [6.07, 6.45) is 3.64. The van der Waals surface area contributed by atoms with E-state index in [1.165, 1.54) is 22.3 Å². The fraction of sp³-hybridized carbons (Fsp3) is 0.462. The summed E-state index contributed by atoms with van der Waals surface area (Å²) in [4.78, 5) is 6.56. The number of anilines is 1. The van der Waals surface area contributed by atoms with Crippen molar-refractivity contribution in [3.63, 3.8) is 0 Å². The zero-order valence-corrected chi connectivity index (χ0v) is 18.9. The van der Waals surface area contributed by atoms with Gasteiger partial charge in [0.15, 0.2) is 0 Å². The lowest BCUT2D eigenvalue weighted by molar-refractivity contribution is -0.135. The van der Waals surface area contributed by atoms with E-state index in [4.69, 9.17) is 0 Å². The van der Waals surface area contributed by atoms with Crippen LogP contribution in [-0.4, -0.2) is 35.2 Å². The monoisotopic (exact) mass is 454 g/mol. The number of allylic oxidation sites excluding steroid dienone is 1. The number of fused-ring (bicyclic) bond motifs is 1. The van der Waals surface area contributed by atoms with Gasteiger partial charge in [-0.15, -0.1) is 0 Å². The summed E-state index contributed by atoms with van der Waals surface area (Å²) in [6, 6.07) is 8.78. The maximum absolute atomic E-state index is 12.5. The van der Waals surface area contributed by atoms with Gasteiger partial charge in [-0.05, 0) is 72.6 Å². The third-order valence-corrected chi connectivity index (χ3v) is 6.71. The molecule has 0 unspecified atom stereocenters. The van der Waals surface area contributed by atoms with Crippen LogP contribution in [0.1, 0.15) is 53.5 Å². The molecule has 2 aliphatic rings. The van der Waals surface area contributed by atoms with Crippen molar-refractivity contribution in [2.75, 3.05) is 18.4 Å². The second-order valence-electron chi connectivity index (χ2n) is 9.08. The zero-order chi connectivity index (χ0) is 23.4. The van der Waals surface area contributed by atoms with Gasteiger partial charge in [-0.25, -0.2) is 0 Å². The summed E-state index contributed by atoms with van der Waals surface area (Å²) in [7, 11) is 0. The van der Waals surface area contributed by atoms with Gasteiger partial charge in [-0.1, -0.05) is 12.1 Å².